The molecule has 18 heavy (non-hydrogen) atoms. The highest BCUT2D eigenvalue weighted by Crippen LogP contribution is 2.29. The smallest absolute Gasteiger partial charge is 0.320 e. The second kappa shape index (κ2) is 5.25. The maximum absolute atomic E-state index is 10.6. The standard InChI is InChI=1S/C13H12ClNO3/c14-10-4-2-1-3-9(10)12-6-5-8(18-12)7-11(15)13(16)17/h1-6,11H,7,15H2,(H,16,17). The lowest BCUT2D eigenvalue weighted by molar-refractivity contribution is -0.138. The van der Waals surface area contributed by atoms with Crippen molar-refractivity contribution < 1.29 is 14.3 Å². The maximum Gasteiger partial charge on any atom is 0.320 e. The van der Waals surface area contributed by atoms with Gasteiger partial charge >= 0.3 is 5.97 Å². The molecule has 0 spiro atoms. The molecule has 1 atom stereocenters. The number of carbonyl (C=O) groups is 1. The van der Waals surface area contributed by atoms with Crippen LogP contribution in [0.25, 0.3) is 11.3 Å². The van der Waals surface area contributed by atoms with Gasteiger partial charge in [-0.3, -0.25) is 4.79 Å². The minimum Gasteiger partial charge on any atom is -0.480 e. The van der Waals surface area contributed by atoms with Crippen molar-refractivity contribution in [2.75, 3.05) is 0 Å². The molecule has 5 heteroatoms. The number of carboxylic acids is 1. The van der Waals surface area contributed by atoms with E-state index >= 15 is 0 Å². The first-order valence-corrected chi connectivity index (χ1v) is 5.77. The van der Waals surface area contributed by atoms with E-state index in [4.69, 9.17) is 26.9 Å². The molecular weight excluding hydrogens is 254 g/mol. The fraction of sp³-hybridized carbons (Fsp3) is 0.154. The average molecular weight is 266 g/mol. The second-order valence-corrected chi connectivity index (χ2v) is 4.30. The Hall–Kier alpha value is -1.78. The van der Waals surface area contributed by atoms with Crippen LogP contribution in [0.3, 0.4) is 0 Å². The quantitative estimate of drug-likeness (QED) is 0.891. The Labute approximate surface area is 109 Å². The van der Waals surface area contributed by atoms with Gasteiger partial charge in [0.25, 0.3) is 0 Å². The molecule has 0 fully saturated rings. The fourth-order valence-corrected chi connectivity index (χ4v) is 1.83. The molecule has 0 amide bonds. The summed E-state index contributed by atoms with van der Waals surface area (Å²) < 4.78 is 5.54. The molecule has 0 saturated heterocycles. The number of hydrogen-bond donors (Lipinski definition) is 2. The van der Waals surface area contributed by atoms with Gasteiger partial charge in [-0.05, 0) is 24.3 Å². The van der Waals surface area contributed by atoms with Crippen LogP contribution in [0.5, 0.6) is 0 Å². The summed E-state index contributed by atoms with van der Waals surface area (Å²) >= 11 is 6.05. The highest BCUT2D eigenvalue weighted by atomic mass is 35.5. The molecule has 0 saturated carbocycles. The third kappa shape index (κ3) is 2.72. The second-order valence-electron chi connectivity index (χ2n) is 3.89. The average Bonchev–Trinajstić information content (AvgIpc) is 2.77. The number of aliphatic carboxylic acids is 1. The summed E-state index contributed by atoms with van der Waals surface area (Å²) in [5.41, 5.74) is 6.21. The van der Waals surface area contributed by atoms with Gasteiger partial charge in [-0.1, -0.05) is 23.7 Å². The van der Waals surface area contributed by atoms with Crippen molar-refractivity contribution in [2.24, 2.45) is 5.73 Å². The topological polar surface area (TPSA) is 76.5 Å². The zero-order valence-electron chi connectivity index (χ0n) is 9.47. The van der Waals surface area contributed by atoms with Crippen LogP contribution in [0.15, 0.2) is 40.8 Å². The van der Waals surface area contributed by atoms with Gasteiger partial charge in [-0.15, -0.1) is 0 Å². The zero-order valence-corrected chi connectivity index (χ0v) is 10.2. The molecule has 2 aromatic rings. The van der Waals surface area contributed by atoms with Crippen LogP contribution in [0.1, 0.15) is 5.76 Å². The minimum atomic E-state index is -1.05. The summed E-state index contributed by atoms with van der Waals surface area (Å²) in [5, 5.41) is 9.31. The van der Waals surface area contributed by atoms with Crippen molar-refractivity contribution >= 4 is 17.6 Å². The highest BCUT2D eigenvalue weighted by molar-refractivity contribution is 6.33. The lowest BCUT2D eigenvalue weighted by Crippen LogP contribution is -2.32. The molecule has 1 aromatic carbocycles. The van der Waals surface area contributed by atoms with Gasteiger partial charge in [-0.25, -0.2) is 0 Å². The van der Waals surface area contributed by atoms with Gasteiger partial charge in [0.1, 0.15) is 17.6 Å². The van der Waals surface area contributed by atoms with Crippen LogP contribution < -0.4 is 5.73 Å². The van der Waals surface area contributed by atoms with Crippen molar-refractivity contribution in [1.82, 2.24) is 0 Å². The van der Waals surface area contributed by atoms with Gasteiger partial charge in [0.15, 0.2) is 0 Å². The minimum absolute atomic E-state index is 0.153. The van der Waals surface area contributed by atoms with Gasteiger partial charge in [-0.2, -0.15) is 0 Å². The normalized spacial score (nSPS) is 12.3. The molecule has 4 nitrogen and oxygen atoms in total. The van der Waals surface area contributed by atoms with E-state index in [1.165, 1.54) is 0 Å². The Morgan fingerprint density at radius 2 is 2.06 bits per heavy atom. The lowest BCUT2D eigenvalue weighted by atomic mass is 10.2. The molecular formula is C13H12ClNO3. The maximum atomic E-state index is 10.6. The van der Waals surface area contributed by atoms with Crippen LogP contribution in [-0.4, -0.2) is 17.1 Å². The van der Waals surface area contributed by atoms with E-state index in [0.717, 1.165) is 5.56 Å². The lowest BCUT2D eigenvalue weighted by Gasteiger charge is -2.03. The molecule has 94 valence electrons. The van der Waals surface area contributed by atoms with Gasteiger partial charge in [0, 0.05) is 12.0 Å². The van der Waals surface area contributed by atoms with E-state index in [1.807, 2.05) is 18.2 Å². The molecule has 1 unspecified atom stereocenters. The summed E-state index contributed by atoms with van der Waals surface area (Å²) in [6.45, 7) is 0. The van der Waals surface area contributed by atoms with Gasteiger partial charge in [0.2, 0.25) is 0 Å². The van der Waals surface area contributed by atoms with Crippen LogP contribution in [0.2, 0.25) is 5.02 Å². The van der Waals surface area contributed by atoms with Gasteiger partial charge < -0.3 is 15.3 Å². The van der Waals surface area contributed by atoms with Crippen LogP contribution in [0.4, 0.5) is 0 Å². The van der Waals surface area contributed by atoms with E-state index in [1.54, 1.807) is 18.2 Å². The fourth-order valence-electron chi connectivity index (χ4n) is 1.60. The first-order valence-electron chi connectivity index (χ1n) is 5.40. The van der Waals surface area contributed by atoms with Crippen molar-refractivity contribution in [3.8, 4) is 11.3 Å². The van der Waals surface area contributed by atoms with Crippen LogP contribution in [-0.2, 0) is 11.2 Å². The largest absolute Gasteiger partial charge is 0.480 e. The monoisotopic (exact) mass is 265 g/mol. The molecule has 0 radical (unpaired) electrons. The van der Waals surface area contributed by atoms with E-state index in [0.29, 0.717) is 16.5 Å². The third-order valence-electron chi connectivity index (χ3n) is 2.54. The Bertz CT molecular complexity index is 565. The van der Waals surface area contributed by atoms with E-state index < -0.39 is 12.0 Å². The predicted octanol–water partition coefficient (Wildman–Crippen LogP) is 2.55. The number of benzene rings is 1. The number of carboxylic acid groups (broad SMARTS) is 1. The number of nitrogens with two attached hydrogens (primary N) is 1. The summed E-state index contributed by atoms with van der Waals surface area (Å²) in [5.74, 6) is 0.0821. The first-order chi connectivity index (χ1) is 8.58. The molecule has 1 heterocycles. The molecule has 0 aliphatic carbocycles. The number of halogens is 1. The Kier molecular flexibility index (Phi) is 3.69. The molecule has 2 rings (SSSR count). The summed E-state index contributed by atoms with van der Waals surface area (Å²) in [6.07, 6.45) is 0.153. The van der Waals surface area contributed by atoms with Crippen molar-refractivity contribution in [3.63, 3.8) is 0 Å². The van der Waals surface area contributed by atoms with Gasteiger partial charge in [0.05, 0.1) is 5.02 Å². The van der Waals surface area contributed by atoms with Crippen LogP contribution >= 0.6 is 11.6 Å². The molecule has 0 bridgehead atoms. The summed E-state index contributed by atoms with van der Waals surface area (Å²) in [7, 11) is 0. The SMILES string of the molecule is NC(Cc1ccc(-c2ccccc2Cl)o1)C(=O)O. The van der Waals surface area contributed by atoms with Crippen molar-refractivity contribution in [3.05, 3.63) is 47.2 Å². The number of hydrogen-bond acceptors (Lipinski definition) is 3. The molecule has 0 aliphatic rings. The number of rotatable bonds is 4. The highest BCUT2D eigenvalue weighted by Gasteiger charge is 2.15. The van der Waals surface area contributed by atoms with Crippen molar-refractivity contribution in [2.45, 2.75) is 12.5 Å². The van der Waals surface area contributed by atoms with E-state index in [-0.39, 0.29) is 6.42 Å². The third-order valence-corrected chi connectivity index (χ3v) is 2.87. The molecule has 0 aliphatic heterocycles. The summed E-state index contributed by atoms with van der Waals surface area (Å²) in [6, 6.07) is 9.79. The van der Waals surface area contributed by atoms with Crippen LogP contribution in [0, 0.1) is 0 Å². The zero-order chi connectivity index (χ0) is 13.1. The van der Waals surface area contributed by atoms with E-state index in [2.05, 4.69) is 0 Å². The Morgan fingerprint density at radius 1 is 1.33 bits per heavy atom. The predicted molar refractivity (Wildman–Crippen MR) is 68.5 cm³/mol. The number of furan rings is 1. The van der Waals surface area contributed by atoms with Crippen molar-refractivity contribution in [1.29, 1.82) is 0 Å². The Balaban J connectivity index is 2.21. The first kappa shape index (κ1) is 12.7. The Morgan fingerprint density at radius 3 is 2.72 bits per heavy atom. The molecule has 3 N–H and O–H groups in total. The van der Waals surface area contributed by atoms with E-state index in [9.17, 15) is 4.79 Å². The summed E-state index contributed by atoms with van der Waals surface area (Å²) in [4.78, 5) is 10.6. The molecule has 1 aromatic heterocycles.